The van der Waals surface area contributed by atoms with Crippen molar-refractivity contribution in [2.45, 2.75) is 26.2 Å². The second-order valence-electron chi connectivity index (χ2n) is 5.08. The smallest absolute Gasteiger partial charge is 0.102 e. The molecule has 1 aromatic carbocycles. The average molecular weight is 368 g/mol. The largest absolute Gasteiger partial charge is 0.365 e. The minimum atomic E-state index is -0.212. The number of ether oxygens (including phenoxy) is 1. The molecule has 7 heteroatoms. The number of hydrogen-bond acceptors (Lipinski definition) is 4. The van der Waals surface area contributed by atoms with Gasteiger partial charge in [-0.1, -0.05) is 29.3 Å². The van der Waals surface area contributed by atoms with Gasteiger partial charge in [-0.15, -0.1) is 11.3 Å². The number of aromatic nitrogens is 3. The summed E-state index contributed by atoms with van der Waals surface area (Å²) in [4.78, 5) is 8.50. The van der Waals surface area contributed by atoms with Crippen LogP contribution in [0.3, 0.4) is 0 Å². The summed E-state index contributed by atoms with van der Waals surface area (Å²) in [5.74, 6) is 0. The lowest BCUT2D eigenvalue weighted by molar-refractivity contribution is 0.0265. The Kier molecular flexibility index (Phi) is 5.33. The molecule has 0 spiro atoms. The second kappa shape index (κ2) is 7.45. The number of imidazole rings is 1. The molecule has 2 aromatic heterocycles. The van der Waals surface area contributed by atoms with E-state index in [1.165, 1.54) is 0 Å². The van der Waals surface area contributed by atoms with Crippen LogP contribution in [-0.4, -0.2) is 14.5 Å². The molecule has 0 amide bonds. The van der Waals surface area contributed by atoms with E-state index in [-0.39, 0.29) is 6.10 Å². The molecule has 0 N–H and O–H groups in total. The van der Waals surface area contributed by atoms with Gasteiger partial charge in [0.2, 0.25) is 0 Å². The van der Waals surface area contributed by atoms with Crippen LogP contribution in [0.25, 0.3) is 0 Å². The Morgan fingerprint density at radius 1 is 1.35 bits per heavy atom. The third kappa shape index (κ3) is 4.32. The van der Waals surface area contributed by atoms with E-state index in [9.17, 15) is 0 Å². The minimum absolute atomic E-state index is 0.212. The van der Waals surface area contributed by atoms with Crippen molar-refractivity contribution in [3.63, 3.8) is 0 Å². The summed E-state index contributed by atoms with van der Waals surface area (Å²) in [7, 11) is 0. The Labute approximate surface area is 148 Å². The van der Waals surface area contributed by atoms with E-state index in [1.807, 2.05) is 35.2 Å². The van der Waals surface area contributed by atoms with Crippen molar-refractivity contribution in [2.24, 2.45) is 0 Å². The van der Waals surface area contributed by atoms with Gasteiger partial charge in [0.25, 0.3) is 0 Å². The quantitative estimate of drug-likeness (QED) is 0.621. The van der Waals surface area contributed by atoms with Crippen molar-refractivity contribution >= 4 is 34.5 Å². The normalized spacial score (nSPS) is 12.5. The maximum atomic E-state index is 6.35. The molecule has 23 heavy (non-hydrogen) atoms. The number of hydrogen-bond donors (Lipinski definition) is 0. The van der Waals surface area contributed by atoms with E-state index in [2.05, 4.69) is 9.97 Å². The third-order valence-corrected chi connectivity index (χ3v) is 4.73. The van der Waals surface area contributed by atoms with Crippen LogP contribution in [0.5, 0.6) is 0 Å². The van der Waals surface area contributed by atoms with E-state index in [1.54, 1.807) is 29.9 Å². The first-order chi connectivity index (χ1) is 11.1. The number of aryl methyl sites for hydroxylation is 1. The fourth-order valence-corrected chi connectivity index (χ4v) is 3.38. The molecule has 3 rings (SSSR count). The summed E-state index contributed by atoms with van der Waals surface area (Å²) in [5.41, 5.74) is 1.82. The van der Waals surface area contributed by atoms with Gasteiger partial charge in [0.05, 0.1) is 30.2 Å². The first kappa shape index (κ1) is 16.5. The Morgan fingerprint density at radius 3 is 2.87 bits per heavy atom. The lowest BCUT2D eigenvalue weighted by Gasteiger charge is -2.20. The van der Waals surface area contributed by atoms with Crippen molar-refractivity contribution in [1.29, 1.82) is 0 Å². The van der Waals surface area contributed by atoms with Crippen LogP contribution in [0.2, 0.25) is 10.0 Å². The van der Waals surface area contributed by atoms with E-state index in [0.717, 1.165) is 16.3 Å². The van der Waals surface area contributed by atoms with Gasteiger partial charge in [0.1, 0.15) is 6.10 Å². The van der Waals surface area contributed by atoms with Gasteiger partial charge in [0.15, 0.2) is 0 Å². The summed E-state index contributed by atoms with van der Waals surface area (Å²) in [6, 6.07) is 5.45. The fraction of sp³-hybridized carbons (Fsp3) is 0.250. The Hall–Kier alpha value is -1.40. The molecule has 0 bridgehead atoms. The van der Waals surface area contributed by atoms with Crippen LogP contribution in [0.15, 0.2) is 42.3 Å². The van der Waals surface area contributed by atoms with Crippen LogP contribution in [0.1, 0.15) is 22.4 Å². The molecule has 120 valence electrons. The summed E-state index contributed by atoms with van der Waals surface area (Å²) in [6.45, 7) is 3.03. The first-order valence-electron chi connectivity index (χ1n) is 7.05. The summed E-state index contributed by atoms with van der Waals surface area (Å²) in [6.07, 6.45) is 5.18. The predicted octanol–water partition coefficient (Wildman–Crippen LogP) is 4.91. The topological polar surface area (TPSA) is 39.9 Å². The Bertz CT molecular complexity index is 773. The van der Waals surface area contributed by atoms with Crippen LogP contribution in [-0.2, 0) is 17.9 Å². The van der Waals surface area contributed by atoms with Crippen LogP contribution in [0, 0.1) is 6.92 Å². The molecule has 0 radical (unpaired) electrons. The van der Waals surface area contributed by atoms with Gasteiger partial charge in [-0.25, -0.2) is 9.97 Å². The van der Waals surface area contributed by atoms with Crippen LogP contribution in [0.4, 0.5) is 0 Å². The number of thiazole rings is 1. The molecule has 1 atom stereocenters. The van der Waals surface area contributed by atoms with Crippen LogP contribution < -0.4 is 0 Å². The van der Waals surface area contributed by atoms with Crippen molar-refractivity contribution < 1.29 is 4.74 Å². The molecule has 0 aliphatic rings. The van der Waals surface area contributed by atoms with E-state index >= 15 is 0 Å². The lowest BCUT2D eigenvalue weighted by atomic mass is 10.1. The molecule has 1 unspecified atom stereocenters. The molecule has 0 saturated heterocycles. The second-order valence-corrected chi connectivity index (χ2v) is 6.99. The van der Waals surface area contributed by atoms with Gasteiger partial charge < -0.3 is 9.30 Å². The highest BCUT2D eigenvalue weighted by Gasteiger charge is 2.17. The van der Waals surface area contributed by atoms with Gasteiger partial charge >= 0.3 is 0 Å². The van der Waals surface area contributed by atoms with Crippen molar-refractivity contribution in [1.82, 2.24) is 14.5 Å². The molecule has 0 aliphatic heterocycles. The molecule has 3 aromatic rings. The maximum absolute atomic E-state index is 6.35. The molecular weight excluding hydrogens is 353 g/mol. The zero-order chi connectivity index (χ0) is 16.2. The molecular formula is C16H15Cl2N3OS. The van der Waals surface area contributed by atoms with Gasteiger partial charge in [-0.05, 0) is 19.1 Å². The molecule has 4 nitrogen and oxygen atoms in total. The van der Waals surface area contributed by atoms with Crippen molar-refractivity contribution in [3.8, 4) is 0 Å². The first-order valence-corrected chi connectivity index (χ1v) is 8.68. The number of benzene rings is 1. The highest BCUT2D eigenvalue weighted by Crippen LogP contribution is 2.30. The molecule has 0 fully saturated rings. The monoisotopic (exact) mass is 367 g/mol. The summed E-state index contributed by atoms with van der Waals surface area (Å²) in [5, 5.41) is 4.24. The number of rotatable bonds is 6. The maximum Gasteiger partial charge on any atom is 0.102 e. The summed E-state index contributed by atoms with van der Waals surface area (Å²) >= 11 is 14.0. The SMILES string of the molecule is Cc1nc(COC(Cn2ccnc2)c2ccc(Cl)cc2Cl)cs1. The van der Waals surface area contributed by atoms with E-state index < -0.39 is 0 Å². The number of halogens is 2. The molecule has 0 saturated carbocycles. The average Bonchev–Trinajstić information content (AvgIpc) is 3.15. The van der Waals surface area contributed by atoms with Crippen molar-refractivity contribution in [3.05, 3.63) is 68.6 Å². The van der Waals surface area contributed by atoms with Crippen LogP contribution >= 0.6 is 34.5 Å². The number of nitrogens with zero attached hydrogens (tertiary/aromatic N) is 3. The third-order valence-electron chi connectivity index (χ3n) is 3.34. The van der Waals surface area contributed by atoms with E-state index in [4.69, 9.17) is 27.9 Å². The zero-order valence-electron chi connectivity index (χ0n) is 12.4. The standard InChI is InChI=1S/C16H15Cl2N3OS/c1-11-20-13(9-23-11)8-22-16(7-21-5-4-19-10-21)14-3-2-12(17)6-15(14)18/h2-6,9-10,16H,7-8H2,1H3. The zero-order valence-corrected chi connectivity index (χ0v) is 14.8. The predicted molar refractivity (Wildman–Crippen MR) is 93.1 cm³/mol. The Balaban J connectivity index is 1.80. The lowest BCUT2D eigenvalue weighted by Crippen LogP contribution is -2.12. The van der Waals surface area contributed by atoms with E-state index in [0.29, 0.717) is 23.2 Å². The van der Waals surface area contributed by atoms with Crippen molar-refractivity contribution in [2.75, 3.05) is 0 Å². The van der Waals surface area contributed by atoms with Gasteiger partial charge in [-0.3, -0.25) is 0 Å². The molecule has 2 heterocycles. The molecule has 0 aliphatic carbocycles. The summed E-state index contributed by atoms with van der Waals surface area (Å²) < 4.78 is 8.05. The minimum Gasteiger partial charge on any atom is -0.365 e. The fourth-order valence-electron chi connectivity index (χ4n) is 2.25. The van der Waals surface area contributed by atoms with Gasteiger partial charge in [-0.2, -0.15) is 0 Å². The highest BCUT2D eigenvalue weighted by atomic mass is 35.5. The van der Waals surface area contributed by atoms with Gasteiger partial charge in [0, 0.05) is 33.4 Å². The Morgan fingerprint density at radius 2 is 2.22 bits per heavy atom. The highest BCUT2D eigenvalue weighted by molar-refractivity contribution is 7.09.